The number of anilines is 2. The van der Waals surface area contributed by atoms with Crippen molar-refractivity contribution in [3.63, 3.8) is 0 Å². The van der Waals surface area contributed by atoms with E-state index in [1.807, 2.05) is 23.1 Å². The SMILES string of the molecule is CC(O)C(F)(F)F.C[C@H]1CN(Cc2ccc(N3CCOCC3)cc2Cl)CCN1.C[C@H]1CN(Cc2ccc(N3CCOCC3)cc2Cl)CCN1C(=O)OC(C(F)(F)F)C(F)(F)F. The third-order valence-electron chi connectivity index (χ3n) is 10.3. The van der Waals surface area contributed by atoms with Gasteiger partial charge in [-0.2, -0.15) is 39.5 Å². The summed E-state index contributed by atoms with van der Waals surface area (Å²) in [6.45, 7) is 15.7. The molecule has 4 aliphatic rings. The molecular weight excluding hydrogens is 874 g/mol. The van der Waals surface area contributed by atoms with Crippen molar-refractivity contribution in [2.75, 3.05) is 102 Å². The number of halogens is 11. The molecule has 0 saturated carbocycles. The number of aliphatic hydroxyl groups excluding tert-OH is 1. The van der Waals surface area contributed by atoms with Gasteiger partial charge in [0.05, 0.1) is 26.4 Å². The first-order valence-corrected chi connectivity index (χ1v) is 20.5. The molecule has 22 heteroatoms. The topological polar surface area (TPSA) is 93.2 Å². The van der Waals surface area contributed by atoms with Crippen molar-refractivity contribution >= 4 is 40.7 Å². The van der Waals surface area contributed by atoms with Crippen LogP contribution in [-0.4, -0.2) is 161 Å². The van der Waals surface area contributed by atoms with Crippen molar-refractivity contribution < 1.29 is 63.6 Å². The van der Waals surface area contributed by atoms with E-state index >= 15 is 0 Å². The van der Waals surface area contributed by atoms with Gasteiger partial charge in [-0.25, -0.2) is 4.79 Å². The van der Waals surface area contributed by atoms with Crippen molar-refractivity contribution in [2.45, 2.75) is 76.7 Å². The zero-order chi connectivity index (χ0) is 45.1. The maximum atomic E-state index is 12.7. The summed E-state index contributed by atoms with van der Waals surface area (Å²) in [4.78, 5) is 21.8. The molecule has 346 valence electrons. The van der Waals surface area contributed by atoms with Crippen LogP contribution in [0.3, 0.4) is 0 Å². The van der Waals surface area contributed by atoms with Crippen LogP contribution in [-0.2, 0) is 27.3 Å². The van der Waals surface area contributed by atoms with E-state index in [0.29, 0.717) is 37.7 Å². The van der Waals surface area contributed by atoms with Crippen LogP contribution in [0.4, 0.5) is 55.7 Å². The number of hydrogen-bond donors (Lipinski definition) is 2. The molecule has 2 aromatic carbocycles. The molecule has 6 rings (SSSR count). The highest BCUT2D eigenvalue weighted by molar-refractivity contribution is 6.32. The predicted molar refractivity (Wildman–Crippen MR) is 213 cm³/mol. The Bertz CT molecular complexity index is 1670. The molecule has 0 aromatic heterocycles. The Hall–Kier alpha value is -2.98. The lowest BCUT2D eigenvalue weighted by Gasteiger charge is -2.40. The number of morpholine rings is 2. The smallest absolute Gasteiger partial charge is 0.426 e. The fourth-order valence-corrected chi connectivity index (χ4v) is 7.41. The van der Waals surface area contributed by atoms with Gasteiger partial charge in [-0.1, -0.05) is 35.3 Å². The Labute approximate surface area is 359 Å². The van der Waals surface area contributed by atoms with Gasteiger partial charge in [0.25, 0.3) is 6.10 Å². The van der Waals surface area contributed by atoms with Gasteiger partial charge >= 0.3 is 24.6 Å². The summed E-state index contributed by atoms with van der Waals surface area (Å²) in [5.41, 5.74) is 4.23. The summed E-state index contributed by atoms with van der Waals surface area (Å²) in [5.74, 6) is 0. The first-order valence-electron chi connectivity index (χ1n) is 19.8. The molecule has 3 atom stereocenters. The number of ether oxygens (including phenoxy) is 3. The first kappa shape index (κ1) is 50.7. The Morgan fingerprint density at radius 1 is 0.738 bits per heavy atom. The normalized spacial score (nSPS) is 21.6. The molecule has 4 aliphatic heterocycles. The third kappa shape index (κ3) is 16.0. The quantitative estimate of drug-likeness (QED) is 0.278. The highest BCUT2D eigenvalue weighted by Crippen LogP contribution is 2.36. The largest absolute Gasteiger partial charge is 0.434 e. The van der Waals surface area contributed by atoms with E-state index in [0.717, 1.165) is 86.7 Å². The van der Waals surface area contributed by atoms with Crippen LogP contribution < -0.4 is 15.1 Å². The maximum Gasteiger partial charge on any atom is 0.434 e. The number of benzene rings is 2. The van der Waals surface area contributed by atoms with Crippen molar-refractivity contribution in [3.05, 3.63) is 57.6 Å². The molecule has 4 fully saturated rings. The second kappa shape index (κ2) is 22.6. The Morgan fingerprint density at radius 2 is 1.18 bits per heavy atom. The number of carbonyl (C=O) groups is 1. The molecule has 0 aliphatic carbocycles. The van der Waals surface area contributed by atoms with Gasteiger partial charge in [-0.05, 0) is 56.2 Å². The fraction of sp³-hybridized carbons (Fsp3) is 0.667. The second-order valence-corrected chi connectivity index (χ2v) is 16.0. The molecule has 11 nitrogen and oxygen atoms in total. The number of rotatable bonds is 7. The molecule has 1 unspecified atom stereocenters. The van der Waals surface area contributed by atoms with Crippen LogP contribution in [0.25, 0.3) is 0 Å². The Balaban J connectivity index is 0.000000248. The molecule has 2 N–H and O–H groups in total. The van der Waals surface area contributed by atoms with Crippen LogP contribution in [0, 0.1) is 0 Å². The number of nitrogens with zero attached hydrogens (tertiary/aromatic N) is 5. The highest BCUT2D eigenvalue weighted by Gasteiger charge is 2.60. The van der Waals surface area contributed by atoms with Gasteiger partial charge in [-0.3, -0.25) is 9.80 Å². The summed E-state index contributed by atoms with van der Waals surface area (Å²) >= 11 is 12.9. The maximum absolute atomic E-state index is 12.7. The average Bonchev–Trinajstić information content (AvgIpc) is 3.18. The van der Waals surface area contributed by atoms with Crippen LogP contribution in [0.1, 0.15) is 31.9 Å². The lowest BCUT2D eigenvalue weighted by molar-refractivity contribution is -0.308. The molecule has 61 heavy (non-hydrogen) atoms. The van der Waals surface area contributed by atoms with Crippen LogP contribution in [0.5, 0.6) is 0 Å². The van der Waals surface area contributed by atoms with Gasteiger partial charge in [0.2, 0.25) is 0 Å². The summed E-state index contributed by atoms with van der Waals surface area (Å²) in [6.07, 6.45) is -23.9. The van der Waals surface area contributed by atoms with Gasteiger partial charge in [0.15, 0.2) is 0 Å². The van der Waals surface area contributed by atoms with Gasteiger partial charge in [-0.15, -0.1) is 0 Å². The number of alkyl halides is 9. The Morgan fingerprint density at radius 3 is 1.56 bits per heavy atom. The molecule has 0 spiro atoms. The van der Waals surface area contributed by atoms with E-state index in [1.54, 1.807) is 0 Å². The minimum Gasteiger partial charge on any atom is -0.426 e. The molecule has 1 amide bonds. The van der Waals surface area contributed by atoms with Crippen molar-refractivity contribution in [1.82, 2.24) is 20.0 Å². The van der Waals surface area contributed by atoms with E-state index in [9.17, 15) is 44.3 Å². The molecule has 2 aromatic rings. The van der Waals surface area contributed by atoms with Crippen molar-refractivity contribution in [3.8, 4) is 0 Å². The standard InChI is InChI=1S/C20H24ClF6N3O3.C16H24ClN3O.C3H5F3O/c1-13-11-28(4-5-30(13)18(31)33-17(19(22,23)24)20(25,26)27)12-14-2-3-15(10-16(14)21)29-6-8-32-9-7-29;1-13-11-19(5-4-18-13)12-14-2-3-15(10-16(14)17)20-6-8-21-9-7-20;1-2(7)3(4,5)6/h2-3,10,13,17H,4-9,11-12H2,1H3;2-3,10,13,18H,4-9,11-12H2,1H3;2,7H,1H3/t2*13-;/m00./s1. The van der Waals surface area contributed by atoms with E-state index in [1.165, 1.54) is 18.2 Å². The number of hydrogen-bond acceptors (Lipinski definition) is 10. The van der Waals surface area contributed by atoms with E-state index in [2.05, 4.69) is 49.9 Å². The molecular formula is C39H53Cl2F9N6O5. The van der Waals surface area contributed by atoms with Crippen LogP contribution in [0.15, 0.2) is 36.4 Å². The fourth-order valence-electron chi connectivity index (χ4n) is 6.94. The van der Waals surface area contributed by atoms with Gasteiger partial charge in [0, 0.05) is 112 Å². The predicted octanol–water partition coefficient (Wildman–Crippen LogP) is 7.21. The summed E-state index contributed by atoms with van der Waals surface area (Å²) in [6, 6.07) is 12.1. The van der Waals surface area contributed by atoms with E-state index < -0.39 is 42.9 Å². The number of amides is 1. The van der Waals surface area contributed by atoms with Crippen molar-refractivity contribution in [2.24, 2.45) is 0 Å². The van der Waals surface area contributed by atoms with E-state index in [-0.39, 0.29) is 19.6 Å². The molecule has 0 radical (unpaired) electrons. The number of carbonyl (C=O) groups excluding carboxylic acids is 1. The zero-order valence-electron chi connectivity index (χ0n) is 34.1. The minimum atomic E-state index is -5.75. The minimum absolute atomic E-state index is 0.0775. The van der Waals surface area contributed by atoms with Crippen LogP contribution in [0.2, 0.25) is 10.0 Å². The van der Waals surface area contributed by atoms with Crippen LogP contribution >= 0.6 is 23.2 Å². The highest BCUT2D eigenvalue weighted by atomic mass is 35.5. The third-order valence-corrected chi connectivity index (χ3v) is 11.0. The lowest BCUT2D eigenvalue weighted by atomic mass is 10.1. The van der Waals surface area contributed by atoms with Gasteiger partial charge < -0.3 is 39.3 Å². The monoisotopic (exact) mass is 926 g/mol. The summed E-state index contributed by atoms with van der Waals surface area (Å²) < 4.78 is 123. The number of piperazine rings is 2. The van der Waals surface area contributed by atoms with Gasteiger partial charge in [0.1, 0.15) is 6.10 Å². The summed E-state index contributed by atoms with van der Waals surface area (Å²) in [7, 11) is 0. The molecule has 4 saturated heterocycles. The average molecular weight is 928 g/mol. The molecule has 0 bridgehead atoms. The van der Waals surface area contributed by atoms with Crippen molar-refractivity contribution in [1.29, 1.82) is 0 Å². The second-order valence-electron chi connectivity index (χ2n) is 15.2. The Kier molecular flexibility index (Phi) is 18.8. The number of nitrogens with one attached hydrogen (secondary N) is 1. The number of aliphatic hydroxyl groups is 1. The van der Waals surface area contributed by atoms with E-state index in [4.69, 9.17) is 37.8 Å². The zero-order valence-corrected chi connectivity index (χ0v) is 35.6. The lowest BCUT2D eigenvalue weighted by Crippen LogP contribution is -2.56. The first-order chi connectivity index (χ1) is 28.5. The molecule has 4 heterocycles. The summed E-state index contributed by atoms with van der Waals surface area (Å²) in [5, 5.41) is 12.7.